The molecule has 0 saturated heterocycles. The predicted molar refractivity (Wildman–Crippen MR) is 392 cm³/mol. The maximum atomic E-state index is 14.9. The van der Waals surface area contributed by atoms with Crippen LogP contribution < -0.4 is 43.0 Å². The zero-order valence-corrected chi connectivity index (χ0v) is 60.7. The van der Waals surface area contributed by atoms with Gasteiger partial charge in [-0.3, -0.25) is 24.0 Å². The Hall–Kier alpha value is -6.67. The highest BCUT2D eigenvalue weighted by molar-refractivity contribution is 5.99. The fraction of sp³-hybridized carbons (Fsp3) is 0.750. The lowest BCUT2D eigenvalue weighted by molar-refractivity contribution is -0.143. The molecule has 0 fully saturated rings. The summed E-state index contributed by atoms with van der Waals surface area (Å²) in [6, 6.07) is 0.741. The molecule has 2 heterocycles. The van der Waals surface area contributed by atoms with Crippen molar-refractivity contribution in [1.29, 1.82) is 0 Å². The molecule has 1 aromatic carbocycles. The molecule has 21 heteroatoms. The Morgan fingerprint density at radius 3 is 1.11 bits per heavy atom. The van der Waals surface area contributed by atoms with Gasteiger partial charge in [0, 0.05) is 24.7 Å². The highest BCUT2D eigenvalue weighted by Gasteiger charge is 2.32. The largest absolute Gasteiger partial charge is 0.480 e. The van der Waals surface area contributed by atoms with Crippen LogP contribution in [0.4, 0.5) is 17.5 Å². The monoisotopic (exact) mass is 1360 g/mol. The van der Waals surface area contributed by atoms with Crippen molar-refractivity contribution < 1.29 is 43.8 Å². The van der Waals surface area contributed by atoms with Crippen LogP contribution in [0.2, 0.25) is 0 Å². The molecule has 5 amide bonds. The molecule has 2 aromatic heterocycles. The smallest absolute Gasteiger partial charge is 0.326 e. The minimum Gasteiger partial charge on any atom is -0.480 e. The second-order valence-electron chi connectivity index (χ2n) is 27.3. The molecule has 3 aromatic rings. The van der Waals surface area contributed by atoms with Crippen molar-refractivity contribution in [2.75, 3.05) is 23.4 Å². The number of hydrogen-bond donors (Lipinski definition) is 9. The molecule has 5 atom stereocenters. The molecule has 0 unspecified atom stereocenters. The van der Waals surface area contributed by atoms with Gasteiger partial charge in [0.25, 0.3) is 5.91 Å². The van der Waals surface area contributed by atoms with Crippen LogP contribution >= 0.6 is 0 Å². The van der Waals surface area contributed by atoms with Gasteiger partial charge < -0.3 is 53.2 Å². The summed E-state index contributed by atoms with van der Waals surface area (Å²) >= 11 is 0. The van der Waals surface area contributed by atoms with Crippen LogP contribution in [0.25, 0.3) is 11.2 Å². The summed E-state index contributed by atoms with van der Waals surface area (Å²) in [6.07, 6.45) is 44.5. The van der Waals surface area contributed by atoms with E-state index in [4.69, 9.17) is 11.5 Å². The molecule has 0 saturated carbocycles. The summed E-state index contributed by atoms with van der Waals surface area (Å²) in [6.45, 7) is 9.10. The molecule has 3 rings (SSSR count). The molecule has 548 valence electrons. The fourth-order valence-corrected chi connectivity index (χ4v) is 12.5. The number of nitrogen functional groups attached to an aromatic ring is 2. The Bertz CT molecular complexity index is 2660. The number of benzene rings is 1. The van der Waals surface area contributed by atoms with Crippen LogP contribution in [-0.2, 0) is 35.3 Å². The number of hydrogen-bond acceptors (Lipinski definition) is 14. The first-order valence-electron chi connectivity index (χ1n) is 38.3. The molecule has 21 nitrogen and oxygen atoms in total. The van der Waals surface area contributed by atoms with Gasteiger partial charge in [-0.15, -0.1) is 0 Å². The lowest BCUT2D eigenvalue weighted by atomic mass is 10.0. The van der Waals surface area contributed by atoms with E-state index in [2.05, 4.69) is 74.2 Å². The number of aromatic nitrogens is 4. The highest BCUT2D eigenvalue weighted by Crippen LogP contribution is 2.22. The molecule has 0 aliphatic carbocycles. The van der Waals surface area contributed by atoms with E-state index in [-0.39, 0.29) is 61.5 Å². The number of carbonyl (C=O) groups excluding carboxylic acids is 5. The molecule has 97 heavy (non-hydrogen) atoms. The van der Waals surface area contributed by atoms with E-state index in [1.54, 1.807) is 30.5 Å². The third-order valence-corrected chi connectivity index (χ3v) is 18.7. The number of carboxylic acids is 2. The van der Waals surface area contributed by atoms with E-state index < -0.39 is 71.7 Å². The third kappa shape index (κ3) is 38.3. The molecule has 0 aliphatic rings. The molecule has 11 N–H and O–H groups in total. The van der Waals surface area contributed by atoms with Gasteiger partial charge in [-0.05, 0) is 56.4 Å². The fourth-order valence-electron chi connectivity index (χ4n) is 12.5. The second-order valence-corrected chi connectivity index (χ2v) is 27.3. The highest BCUT2D eigenvalue weighted by atomic mass is 16.4. The van der Waals surface area contributed by atoms with Gasteiger partial charge in [-0.2, -0.15) is 9.97 Å². The topological polar surface area (TPSA) is 327 Å². The Kier molecular flexibility index (Phi) is 46.5. The summed E-state index contributed by atoms with van der Waals surface area (Å²) in [4.78, 5) is 116. The maximum Gasteiger partial charge on any atom is 0.326 e. The van der Waals surface area contributed by atoms with Crippen molar-refractivity contribution in [1.82, 2.24) is 46.5 Å². The molecular formula is C76H130N12O9. The number of fused-ring (bicyclic) bond motifs is 1. The first kappa shape index (κ1) is 84.6. The van der Waals surface area contributed by atoms with Gasteiger partial charge >= 0.3 is 11.9 Å². The number of nitrogens with two attached hydrogens (primary N) is 2. The van der Waals surface area contributed by atoms with Crippen molar-refractivity contribution in [3.05, 3.63) is 41.7 Å². The van der Waals surface area contributed by atoms with Crippen molar-refractivity contribution in [3.8, 4) is 0 Å². The quantitative estimate of drug-likeness (QED) is 0.0237. The normalized spacial score (nSPS) is 12.9. The van der Waals surface area contributed by atoms with Crippen LogP contribution in [0.1, 0.15) is 339 Å². The Morgan fingerprint density at radius 2 is 0.742 bits per heavy atom. The lowest BCUT2D eigenvalue weighted by Crippen LogP contribution is -2.56. The number of anilines is 3. The second kappa shape index (κ2) is 53.3. The van der Waals surface area contributed by atoms with E-state index in [9.17, 15) is 43.8 Å². The first-order chi connectivity index (χ1) is 47.0. The van der Waals surface area contributed by atoms with Gasteiger partial charge in [0.1, 0.15) is 30.2 Å². The van der Waals surface area contributed by atoms with Crippen molar-refractivity contribution in [3.63, 3.8) is 0 Å². The van der Waals surface area contributed by atoms with Gasteiger partial charge in [0.05, 0.1) is 18.4 Å². The number of nitrogens with one attached hydrogen (secondary N) is 5. The van der Waals surface area contributed by atoms with Crippen molar-refractivity contribution in [2.24, 2.45) is 0 Å². The number of rotatable bonds is 61. The van der Waals surface area contributed by atoms with E-state index in [0.29, 0.717) is 49.1 Å². The Labute approximate surface area is 582 Å². The zero-order valence-electron chi connectivity index (χ0n) is 60.7. The van der Waals surface area contributed by atoms with Crippen molar-refractivity contribution in [2.45, 2.75) is 360 Å². The number of carboxylic acid groups (broad SMARTS) is 2. The average molecular weight is 1360 g/mol. The average Bonchev–Trinajstić information content (AvgIpc) is 0.819. The number of nitrogens with zero attached hydrogens (tertiary/aromatic N) is 5. The number of carbonyl (C=O) groups is 7. The number of aliphatic carboxylic acids is 2. The zero-order chi connectivity index (χ0) is 70.7. The summed E-state index contributed by atoms with van der Waals surface area (Å²) in [5.41, 5.74) is 13.9. The van der Waals surface area contributed by atoms with Crippen LogP contribution in [-0.4, -0.2) is 109 Å². The molecular weight excluding hydrogens is 1220 g/mol. The van der Waals surface area contributed by atoms with Crippen LogP contribution in [0.3, 0.4) is 0 Å². The van der Waals surface area contributed by atoms with Gasteiger partial charge in [-0.1, -0.05) is 285 Å². The predicted octanol–water partition coefficient (Wildman–Crippen LogP) is 15.5. The summed E-state index contributed by atoms with van der Waals surface area (Å²) < 4.78 is 0. The van der Waals surface area contributed by atoms with Crippen LogP contribution in [0.15, 0.2) is 30.5 Å². The van der Waals surface area contributed by atoms with E-state index >= 15 is 0 Å². The van der Waals surface area contributed by atoms with E-state index in [1.807, 2.05) is 11.9 Å². The first-order valence-corrected chi connectivity index (χ1v) is 38.3. The summed E-state index contributed by atoms with van der Waals surface area (Å²) in [5, 5.41) is 34.8. The summed E-state index contributed by atoms with van der Waals surface area (Å²) in [7, 11) is 1.84. The third-order valence-electron chi connectivity index (χ3n) is 18.7. The SMILES string of the molecule is CCCCCCCCCCCC[C@H](NC(=O)[C@H](CCCCCCCCCCCC)NC(=O)CC[C@H](NC(=O)c1ccc(N(C)Cc2cnc3nc(N)nc(N)c3n2)cc1)C(=O)N[C@@H](CCCCCCCCCCCC)C(=O)N[C@@H](CCCCCCCCCCCC)C(=O)O)C(=O)O. The van der Waals surface area contributed by atoms with Gasteiger partial charge in [0.15, 0.2) is 17.0 Å². The van der Waals surface area contributed by atoms with Gasteiger partial charge in [0.2, 0.25) is 29.6 Å². The number of amides is 5. The lowest BCUT2D eigenvalue weighted by Gasteiger charge is -2.25. The standard InChI is InChI=1S/C76H130N12O9/c1-6-10-14-18-22-26-30-34-38-42-46-61(71(91)84-64(74(94)95)48-44-40-36-32-28-24-20-16-12-8-3)81-66(89)55-54-63(82-70(90)58-50-52-60(53-51-58)88(5)57-59-56-79-69-67(80-59)68(77)86-76(78)87-69)73(93)83-62(47-43-39-35-31-27-23-19-15-11-7-2)72(92)85-65(75(96)97)49-45-41-37-33-29-25-21-17-13-9-4/h50-53,56,61-65H,6-49,54-55,57H2,1-5H3,(H,81,89)(H,82,90)(H,83,93)(H,84,91)(H,85,92)(H,94,95)(H,96,97)(H4,77,78,79,86,87)/t61-,62-,63-,64-,65-/m0/s1. The molecule has 0 aliphatic heterocycles. The number of unbranched alkanes of at least 4 members (excludes halogenated alkanes) is 36. The molecule has 0 spiro atoms. The maximum absolute atomic E-state index is 14.9. The Morgan fingerprint density at radius 1 is 0.412 bits per heavy atom. The Balaban J connectivity index is 1.90. The minimum absolute atomic E-state index is 0.0133. The van der Waals surface area contributed by atoms with E-state index in [1.165, 1.54) is 122 Å². The minimum atomic E-state index is -1.38. The van der Waals surface area contributed by atoms with Crippen molar-refractivity contribution >= 4 is 70.1 Å². The van der Waals surface area contributed by atoms with E-state index in [0.717, 1.165) is 109 Å². The van der Waals surface area contributed by atoms with Gasteiger partial charge in [-0.25, -0.2) is 19.6 Å². The van der Waals surface area contributed by atoms with Crippen LogP contribution in [0.5, 0.6) is 0 Å². The summed E-state index contributed by atoms with van der Waals surface area (Å²) in [5.74, 6) is -5.42. The van der Waals surface area contributed by atoms with Crippen LogP contribution in [0, 0.1) is 0 Å². The molecule has 0 bridgehead atoms. The molecule has 0 radical (unpaired) electrons.